The summed E-state index contributed by atoms with van der Waals surface area (Å²) in [6.07, 6.45) is 6.67. The largest absolute Gasteiger partial charge is 0.329 e. The van der Waals surface area contributed by atoms with Crippen molar-refractivity contribution in [3.8, 4) is 0 Å². The number of fused-ring (bicyclic) bond motifs is 1. The van der Waals surface area contributed by atoms with E-state index in [1.165, 1.54) is 0 Å². The summed E-state index contributed by atoms with van der Waals surface area (Å²) >= 11 is 0. The predicted octanol–water partition coefficient (Wildman–Crippen LogP) is 1.94. The van der Waals surface area contributed by atoms with Gasteiger partial charge in [-0.2, -0.15) is 0 Å². The summed E-state index contributed by atoms with van der Waals surface area (Å²) in [5, 5.41) is 0. The highest BCUT2D eigenvalue weighted by molar-refractivity contribution is 5.70. The topological polar surface area (TPSA) is 34.0 Å². The van der Waals surface area contributed by atoms with Crippen LogP contribution in [0.1, 0.15) is 6.42 Å². The zero-order valence-corrected chi connectivity index (χ0v) is 10.2. The van der Waals surface area contributed by atoms with Crippen molar-refractivity contribution in [1.29, 1.82) is 0 Å². The van der Waals surface area contributed by atoms with Crippen molar-refractivity contribution in [2.45, 2.75) is 13.0 Å². The maximum Gasteiger partial charge on any atom is 0.177 e. The van der Waals surface area contributed by atoms with Gasteiger partial charge in [0.25, 0.3) is 0 Å². The molecular weight excluding hydrogens is 212 g/mol. The number of hydrogen-bond acceptors (Lipinski definition) is 3. The summed E-state index contributed by atoms with van der Waals surface area (Å²) in [7, 11) is 2.11. The highest BCUT2D eigenvalue weighted by Gasteiger charge is 2.02. The molecule has 4 heteroatoms. The fraction of sp³-hybridized carbons (Fsp3) is 0.385. The Morgan fingerprint density at radius 3 is 3.18 bits per heavy atom. The molecule has 4 nitrogen and oxygen atoms in total. The summed E-state index contributed by atoms with van der Waals surface area (Å²) in [6, 6.07) is 4.01. The van der Waals surface area contributed by atoms with E-state index in [-0.39, 0.29) is 0 Å². The summed E-state index contributed by atoms with van der Waals surface area (Å²) in [5.74, 6) is 0. The molecule has 0 bridgehead atoms. The number of aryl methyl sites for hydroxylation is 1. The van der Waals surface area contributed by atoms with Crippen LogP contribution in [0.5, 0.6) is 0 Å². The van der Waals surface area contributed by atoms with E-state index < -0.39 is 0 Å². The normalized spacial score (nSPS) is 11.2. The van der Waals surface area contributed by atoms with Gasteiger partial charge < -0.3 is 9.47 Å². The molecule has 0 aliphatic heterocycles. The van der Waals surface area contributed by atoms with Gasteiger partial charge in [-0.25, -0.2) is 9.97 Å². The van der Waals surface area contributed by atoms with Gasteiger partial charge in [0.1, 0.15) is 0 Å². The van der Waals surface area contributed by atoms with E-state index >= 15 is 0 Å². The molecule has 0 spiro atoms. The first kappa shape index (κ1) is 11.8. The minimum absolute atomic E-state index is 0.826. The maximum absolute atomic E-state index is 4.27. The number of rotatable bonds is 6. The molecule has 0 aliphatic rings. The monoisotopic (exact) mass is 230 g/mol. The molecule has 0 saturated carbocycles. The fourth-order valence-electron chi connectivity index (χ4n) is 1.90. The van der Waals surface area contributed by atoms with Crippen LogP contribution in [0, 0.1) is 0 Å². The maximum atomic E-state index is 4.27. The number of imidazole rings is 1. The molecule has 0 unspecified atom stereocenters. The smallest absolute Gasteiger partial charge is 0.177 e. The van der Waals surface area contributed by atoms with Crippen LogP contribution in [0.25, 0.3) is 11.2 Å². The Kier molecular flexibility index (Phi) is 3.88. The zero-order valence-electron chi connectivity index (χ0n) is 10.2. The van der Waals surface area contributed by atoms with Crippen LogP contribution in [0.15, 0.2) is 37.3 Å². The van der Waals surface area contributed by atoms with Gasteiger partial charge in [-0.15, -0.1) is 6.58 Å². The Morgan fingerprint density at radius 1 is 1.47 bits per heavy atom. The second-order valence-corrected chi connectivity index (χ2v) is 4.19. The second kappa shape index (κ2) is 5.59. The van der Waals surface area contributed by atoms with Gasteiger partial charge in [0.2, 0.25) is 0 Å². The van der Waals surface area contributed by atoms with Crippen LogP contribution >= 0.6 is 0 Å². The molecule has 0 amide bonds. The van der Waals surface area contributed by atoms with Gasteiger partial charge in [-0.1, -0.05) is 6.08 Å². The molecule has 0 fully saturated rings. The van der Waals surface area contributed by atoms with E-state index in [2.05, 4.69) is 39.1 Å². The van der Waals surface area contributed by atoms with E-state index in [1.807, 2.05) is 18.5 Å². The SMILES string of the molecule is C=CCN(C)CCCn1cnc2ncccc21. The Bertz CT molecular complexity index is 489. The van der Waals surface area contributed by atoms with Crippen LogP contribution in [0.4, 0.5) is 0 Å². The molecule has 90 valence electrons. The van der Waals surface area contributed by atoms with Crippen LogP contribution in [-0.2, 0) is 6.54 Å². The number of pyridine rings is 1. The Labute approximate surface area is 102 Å². The lowest BCUT2D eigenvalue weighted by molar-refractivity contribution is 0.354. The quantitative estimate of drug-likeness (QED) is 0.711. The van der Waals surface area contributed by atoms with Crippen LogP contribution in [-0.4, -0.2) is 39.6 Å². The number of likely N-dealkylation sites (N-methyl/N-ethyl adjacent to an activating group) is 1. The van der Waals surface area contributed by atoms with Crippen molar-refractivity contribution in [2.24, 2.45) is 0 Å². The Morgan fingerprint density at radius 2 is 2.35 bits per heavy atom. The molecule has 2 aromatic heterocycles. The fourth-order valence-corrected chi connectivity index (χ4v) is 1.90. The van der Waals surface area contributed by atoms with Crippen LogP contribution in [0.3, 0.4) is 0 Å². The van der Waals surface area contributed by atoms with Crippen molar-refractivity contribution in [3.63, 3.8) is 0 Å². The Balaban J connectivity index is 1.93. The standard InChI is InChI=1S/C13H18N4/c1-3-8-16(2)9-5-10-17-11-15-13-12(17)6-4-7-14-13/h3-4,6-7,11H,1,5,8-10H2,2H3. The van der Waals surface area contributed by atoms with Gasteiger partial charge in [0.15, 0.2) is 5.65 Å². The molecule has 0 aromatic carbocycles. The summed E-state index contributed by atoms with van der Waals surface area (Å²) in [6.45, 7) is 6.71. The lowest BCUT2D eigenvalue weighted by atomic mass is 10.3. The van der Waals surface area contributed by atoms with Gasteiger partial charge >= 0.3 is 0 Å². The van der Waals surface area contributed by atoms with Crippen molar-refractivity contribution in [2.75, 3.05) is 20.1 Å². The van der Waals surface area contributed by atoms with Gasteiger partial charge in [-0.3, -0.25) is 0 Å². The third-order valence-electron chi connectivity index (χ3n) is 2.77. The molecule has 0 N–H and O–H groups in total. The van der Waals surface area contributed by atoms with Crippen LogP contribution in [0.2, 0.25) is 0 Å². The van der Waals surface area contributed by atoms with E-state index in [1.54, 1.807) is 6.20 Å². The van der Waals surface area contributed by atoms with E-state index in [0.717, 1.165) is 37.2 Å². The van der Waals surface area contributed by atoms with Crippen molar-refractivity contribution < 1.29 is 0 Å². The molecule has 2 rings (SSSR count). The zero-order chi connectivity index (χ0) is 12.1. The Hall–Kier alpha value is -1.68. The summed E-state index contributed by atoms with van der Waals surface area (Å²) < 4.78 is 2.16. The molecule has 17 heavy (non-hydrogen) atoms. The minimum Gasteiger partial charge on any atom is -0.329 e. The number of nitrogens with zero attached hydrogens (tertiary/aromatic N) is 4. The highest BCUT2D eigenvalue weighted by atomic mass is 15.1. The first-order chi connectivity index (χ1) is 8.31. The van der Waals surface area contributed by atoms with Gasteiger partial charge in [-0.05, 0) is 32.1 Å². The first-order valence-corrected chi connectivity index (χ1v) is 5.86. The van der Waals surface area contributed by atoms with E-state index in [9.17, 15) is 0 Å². The number of aromatic nitrogens is 3. The lowest BCUT2D eigenvalue weighted by Gasteiger charge is -2.14. The van der Waals surface area contributed by atoms with Crippen molar-refractivity contribution in [3.05, 3.63) is 37.3 Å². The summed E-state index contributed by atoms with van der Waals surface area (Å²) in [4.78, 5) is 10.7. The average Bonchev–Trinajstić information content (AvgIpc) is 2.73. The van der Waals surface area contributed by atoms with E-state index in [4.69, 9.17) is 0 Å². The van der Waals surface area contributed by atoms with Gasteiger partial charge in [0, 0.05) is 19.3 Å². The summed E-state index contributed by atoms with van der Waals surface area (Å²) in [5.41, 5.74) is 1.94. The molecule has 0 radical (unpaired) electrons. The second-order valence-electron chi connectivity index (χ2n) is 4.19. The molecule has 2 heterocycles. The predicted molar refractivity (Wildman–Crippen MR) is 69.8 cm³/mol. The van der Waals surface area contributed by atoms with Gasteiger partial charge in [0.05, 0.1) is 11.8 Å². The highest BCUT2D eigenvalue weighted by Crippen LogP contribution is 2.09. The lowest BCUT2D eigenvalue weighted by Crippen LogP contribution is -2.20. The third-order valence-corrected chi connectivity index (χ3v) is 2.77. The first-order valence-electron chi connectivity index (χ1n) is 5.86. The van der Waals surface area contributed by atoms with E-state index in [0.29, 0.717) is 0 Å². The minimum atomic E-state index is 0.826. The number of hydrogen-bond donors (Lipinski definition) is 0. The van der Waals surface area contributed by atoms with Crippen LogP contribution < -0.4 is 0 Å². The molecular formula is C13H18N4. The average molecular weight is 230 g/mol. The van der Waals surface area contributed by atoms with Crippen molar-refractivity contribution in [1.82, 2.24) is 19.4 Å². The molecule has 2 aromatic rings. The third kappa shape index (κ3) is 2.91. The molecule has 0 atom stereocenters. The molecule has 0 aliphatic carbocycles. The molecule has 0 saturated heterocycles. The van der Waals surface area contributed by atoms with Crippen molar-refractivity contribution >= 4 is 11.2 Å².